The van der Waals surface area contributed by atoms with Crippen molar-refractivity contribution in [2.24, 2.45) is 0 Å². The molecule has 0 aliphatic carbocycles. The smallest absolute Gasteiger partial charge is 0.394 e. The number of H-pyrrole nitrogens is 1. The molecule has 0 bridgehead atoms. The van der Waals surface area contributed by atoms with Gasteiger partial charge in [-0.25, -0.2) is 4.98 Å². The summed E-state index contributed by atoms with van der Waals surface area (Å²) in [5.41, 5.74) is -0.834. The third-order valence-electron chi connectivity index (χ3n) is 4.38. The number of aromatic amines is 1. The Morgan fingerprint density at radius 1 is 1.36 bits per heavy atom. The van der Waals surface area contributed by atoms with Crippen molar-refractivity contribution in [3.8, 4) is 0 Å². The van der Waals surface area contributed by atoms with Crippen molar-refractivity contribution < 1.29 is 34.4 Å². The summed E-state index contributed by atoms with van der Waals surface area (Å²) in [6.07, 6.45) is -3.80. The summed E-state index contributed by atoms with van der Waals surface area (Å²) in [6.45, 7) is 1.95. The van der Waals surface area contributed by atoms with Crippen LogP contribution in [-0.2, 0) is 9.30 Å². The molecule has 3 heterocycles. The fourth-order valence-corrected chi connectivity index (χ4v) is 2.90. The van der Waals surface area contributed by atoms with E-state index in [9.17, 15) is 34.5 Å². The van der Waals surface area contributed by atoms with E-state index < -0.39 is 49.6 Å². The van der Waals surface area contributed by atoms with Crippen molar-refractivity contribution >= 4 is 73.6 Å². The summed E-state index contributed by atoms with van der Waals surface area (Å²) in [5.74, 6) is -0.227. The summed E-state index contributed by atoms with van der Waals surface area (Å²) < 4.78 is 18.2. The summed E-state index contributed by atoms with van der Waals surface area (Å²) in [6, 6.07) is 0. The van der Waals surface area contributed by atoms with Crippen molar-refractivity contribution in [3.63, 3.8) is 0 Å². The molecule has 0 amide bonds. The molecule has 15 heteroatoms. The second kappa shape index (κ2) is 8.45. The normalized spacial score (nSPS) is 25.7. The minimum atomic E-state index is -4.58. The molecule has 2 aromatic heterocycles. The first-order chi connectivity index (χ1) is 12.5. The van der Waals surface area contributed by atoms with Crippen LogP contribution in [0, 0.1) is 0 Å². The maximum Gasteiger partial charge on any atom is 2.00 e. The van der Waals surface area contributed by atoms with Gasteiger partial charge < -0.3 is 35.2 Å². The number of nitrogens with one attached hydrogen (secondary N) is 2. The van der Waals surface area contributed by atoms with Gasteiger partial charge in [-0.05, 0) is 13.8 Å². The first kappa shape index (κ1) is 24.0. The van der Waals surface area contributed by atoms with E-state index in [-0.39, 0.29) is 66.0 Å². The standard InChI is InChI=1S/C13H20N5O8P.Ba/c1-13(2,27(23,24)25)17-12-15-9-6(10(22)16-12)14-4-18(9)11-8(21)7(20)5(3-19)26-11;/h4-5,7-8,11,19-21H,3H2,1-2H3,(H2,23,24,25)(H2,15,16,17,22);/q;+2. The number of aliphatic hydroxyl groups excluding tert-OH is 3. The minimum Gasteiger partial charge on any atom is -0.394 e. The first-order valence-corrected chi connectivity index (χ1v) is 9.50. The molecule has 3 rings (SSSR count). The molecule has 1 fully saturated rings. The SMILES string of the molecule is CC(C)(Nc1nc2c(ncn2C2OC(CO)C(O)C2O)c(=O)[nH]1)P(=O)(O)O.[Ba+2]. The molecule has 0 radical (unpaired) electrons. The molecule has 1 aliphatic rings. The van der Waals surface area contributed by atoms with Crippen LogP contribution in [0.2, 0.25) is 0 Å². The topological polar surface area (TPSA) is 203 Å². The largest absolute Gasteiger partial charge is 2.00 e. The number of hydrogen-bond donors (Lipinski definition) is 7. The van der Waals surface area contributed by atoms with Gasteiger partial charge in [0.2, 0.25) is 5.95 Å². The maximum atomic E-state index is 12.2. The first-order valence-electron chi connectivity index (χ1n) is 7.89. The van der Waals surface area contributed by atoms with E-state index in [4.69, 9.17) is 4.74 Å². The van der Waals surface area contributed by atoms with Gasteiger partial charge >= 0.3 is 56.5 Å². The molecule has 4 unspecified atom stereocenters. The van der Waals surface area contributed by atoms with Gasteiger partial charge in [0, 0.05) is 0 Å². The van der Waals surface area contributed by atoms with Crippen molar-refractivity contribution in [1.29, 1.82) is 0 Å². The molecule has 0 saturated carbocycles. The predicted molar refractivity (Wildman–Crippen MR) is 96.7 cm³/mol. The van der Waals surface area contributed by atoms with Gasteiger partial charge in [0.15, 0.2) is 17.4 Å². The van der Waals surface area contributed by atoms with Crippen LogP contribution in [0.25, 0.3) is 11.2 Å². The van der Waals surface area contributed by atoms with E-state index >= 15 is 0 Å². The average molecular weight is 543 g/mol. The Morgan fingerprint density at radius 3 is 2.54 bits per heavy atom. The number of fused-ring (bicyclic) bond motifs is 1. The van der Waals surface area contributed by atoms with E-state index in [1.165, 1.54) is 24.7 Å². The summed E-state index contributed by atoms with van der Waals surface area (Å²) in [4.78, 5) is 41.4. The van der Waals surface area contributed by atoms with Crippen molar-refractivity contribution in [3.05, 3.63) is 16.7 Å². The third kappa shape index (κ3) is 4.26. The van der Waals surface area contributed by atoms with Crippen molar-refractivity contribution in [1.82, 2.24) is 19.5 Å². The molecule has 2 aromatic rings. The average Bonchev–Trinajstić information content (AvgIpc) is 3.08. The van der Waals surface area contributed by atoms with Gasteiger partial charge in [-0.3, -0.25) is 18.9 Å². The summed E-state index contributed by atoms with van der Waals surface area (Å²) in [7, 11) is -4.58. The van der Waals surface area contributed by atoms with Gasteiger partial charge in [0.1, 0.15) is 23.6 Å². The quantitative estimate of drug-likeness (QED) is 0.158. The fourth-order valence-electron chi connectivity index (χ4n) is 2.64. The van der Waals surface area contributed by atoms with Crippen LogP contribution < -0.4 is 10.9 Å². The predicted octanol–water partition coefficient (Wildman–Crippen LogP) is -2.32. The van der Waals surface area contributed by atoms with Gasteiger partial charge in [-0.1, -0.05) is 0 Å². The Kier molecular flexibility index (Phi) is 7.24. The van der Waals surface area contributed by atoms with Crippen LogP contribution in [-0.4, -0.2) is 124 Å². The van der Waals surface area contributed by atoms with Gasteiger partial charge in [-0.2, -0.15) is 4.98 Å². The summed E-state index contributed by atoms with van der Waals surface area (Å²) in [5, 5.41) is 30.0. The van der Waals surface area contributed by atoms with E-state index in [0.29, 0.717) is 0 Å². The zero-order chi connectivity index (χ0) is 20.1. The van der Waals surface area contributed by atoms with Crippen molar-refractivity contribution in [2.45, 2.75) is 43.7 Å². The minimum absolute atomic E-state index is 0. The zero-order valence-corrected chi connectivity index (χ0v) is 20.4. The number of anilines is 1. The molecule has 28 heavy (non-hydrogen) atoms. The monoisotopic (exact) mass is 543 g/mol. The number of aliphatic hydroxyl groups is 3. The number of ether oxygens (including phenoxy) is 1. The molecular formula is C13H20BaN5O8P+2. The molecule has 1 aliphatic heterocycles. The number of rotatable bonds is 5. The van der Waals surface area contributed by atoms with Crippen LogP contribution >= 0.6 is 7.60 Å². The Labute approximate surface area is 198 Å². The van der Waals surface area contributed by atoms with Crippen LogP contribution in [0.1, 0.15) is 20.1 Å². The van der Waals surface area contributed by atoms with Crippen LogP contribution in [0.4, 0.5) is 5.95 Å². The second-order valence-electron chi connectivity index (χ2n) is 6.70. The van der Waals surface area contributed by atoms with E-state index in [0.717, 1.165) is 0 Å². The van der Waals surface area contributed by atoms with Crippen LogP contribution in [0.15, 0.2) is 11.1 Å². The second-order valence-corrected chi connectivity index (χ2v) is 8.90. The van der Waals surface area contributed by atoms with Crippen LogP contribution in [0.5, 0.6) is 0 Å². The zero-order valence-electron chi connectivity index (χ0n) is 15.1. The third-order valence-corrected chi connectivity index (χ3v) is 5.94. The van der Waals surface area contributed by atoms with Gasteiger partial charge in [0.05, 0.1) is 12.9 Å². The van der Waals surface area contributed by atoms with E-state index in [2.05, 4.69) is 20.3 Å². The van der Waals surface area contributed by atoms with Crippen molar-refractivity contribution in [2.75, 3.05) is 11.9 Å². The van der Waals surface area contributed by atoms with Gasteiger partial charge in [0.25, 0.3) is 5.56 Å². The van der Waals surface area contributed by atoms with Crippen LogP contribution in [0.3, 0.4) is 0 Å². The molecule has 0 spiro atoms. The Hall–Kier alpha value is -0.289. The Morgan fingerprint density at radius 2 is 2.00 bits per heavy atom. The number of imidazole rings is 1. The van der Waals surface area contributed by atoms with Gasteiger partial charge in [-0.15, -0.1) is 0 Å². The molecule has 13 nitrogen and oxygen atoms in total. The Bertz CT molecular complexity index is 958. The molecule has 1 saturated heterocycles. The summed E-state index contributed by atoms with van der Waals surface area (Å²) >= 11 is 0. The number of nitrogens with zero attached hydrogens (tertiary/aromatic N) is 3. The van der Waals surface area contributed by atoms with E-state index in [1.54, 1.807) is 0 Å². The molecular weight excluding hydrogens is 522 g/mol. The number of aromatic nitrogens is 4. The molecule has 0 aromatic carbocycles. The molecule has 150 valence electrons. The fraction of sp³-hybridized carbons (Fsp3) is 0.615. The molecule has 4 atom stereocenters. The number of hydrogen-bond acceptors (Lipinski definition) is 9. The molecule has 7 N–H and O–H groups in total. The Balaban J connectivity index is 0.00000280. The maximum absolute atomic E-state index is 12.2. The van der Waals surface area contributed by atoms with E-state index in [1.807, 2.05) is 0 Å².